The van der Waals surface area contributed by atoms with Crippen LogP contribution < -0.4 is 4.90 Å². The van der Waals surface area contributed by atoms with Crippen molar-refractivity contribution in [3.05, 3.63) is 29.8 Å². The normalized spacial score (nSPS) is 49.1. The van der Waals surface area contributed by atoms with Gasteiger partial charge >= 0.3 is 0 Å². The molecular weight excluding hydrogens is 386 g/mol. The zero-order valence-corrected chi connectivity index (χ0v) is 19.8. The van der Waals surface area contributed by atoms with Crippen molar-refractivity contribution in [1.82, 2.24) is 0 Å². The van der Waals surface area contributed by atoms with Crippen molar-refractivity contribution in [2.45, 2.75) is 88.9 Å². The van der Waals surface area contributed by atoms with Crippen molar-refractivity contribution in [3.8, 4) is 0 Å². The molecule has 0 spiro atoms. The summed E-state index contributed by atoms with van der Waals surface area (Å²) in [6.07, 6.45) is 8.13. The van der Waals surface area contributed by atoms with Gasteiger partial charge in [0.25, 0.3) is 0 Å². The van der Waals surface area contributed by atoms with Gasteiger partial charge in [0.05, 0.1) is 17.3 Å². The zero-order chi connectivity index (χ0) is 22.2. The molecule has 8 atom stereocenters. The van der Waals surface area contributed by atoms with Crippen LogP contribution in [0.5, 0.6) is 0 Å². The summed E-state index contributed by atoms with van der Waals surface area (Å²) in [5, 5.41) is 34.7. The Morgan fingerprint density at radius 3 is 2.23 bits per heavy atom. The van der Waals surface area contributed by atoms with Crippen molar-refractivity contribution in [2.24, 2.45) is 28.6 Å². The predicted octanol–water partition coefficient (Wildman–Crippen LogP) is 4.46. The van der Waals surface area contributed by atoms with Crippen LogP contribution in [0.3, 0.4) is 0 Å². The molecule has 4 aliphatic carbocycles. The Bertz CT molecular complexity index is 839. The molecule has 4 fully saturated rings. The monoisotopic (exact) mass is 427 g/mol. The van der Waals surface area contributed by atoms with Gasteiger partial charge in [-0.05, 0) is 98.7 Å². The molecular formula is C27H41NO3. The minimum absolute atomic E-state index is 0.145. The summed E-state index contributed by atoms with van der Waals surface area (Å²) in [5.74, 6) is 1.32. The largest absolute Gasteiger partial charge is 0.393 e. The Morgan fingerprint density at radius 2 is 1.55 bits per heavy atom. The van der Waals surface area contributed by atoms with E-state index in [-0.39, 0.29) is 17.4 Å². The van der Waals surface area contributed by atoms with Gasteiger partial charge in [-0.2, -0.15) is 0 Å². The van der Waals surface area contributed by atoms with Crippen molar-refractivity contribution < 1.29 is 15.3 Å². The average Bonchev–Trinajstić information content (AvgIpc) is 2.96. The first-order valence-corrected chi connectivity index (χ1v) is 12.5. The molecule has 4 saturated carbocycles. The first-order chi connectivity index (χ1) is 14.6. The van der Waals surface area contributed by atoms with Gasteiger partial charge in [0.1, 0.15) is 0 Å². The Kier molecular flexibility index (Phi) is 4.87. The van der Waals surface area contributed by atoms with Crippen LogP contribution >= 0.6 is 0 Å². The van der Waals surface area contributed by atoms with Crippen LogP contribution in [0.25, 0.3) is 0 Å². The fourth-order valence-corrected chi connectivity index (χ4v) is 8.72. The molecule has 0 bridgehead atoms. The molecule has 5 rings (SSSR count). The smallest absolute Gasteiger partial charge is 0.0978 e. The van der Waals surface area contributed by atoms with E-state index in [0.29, 0.717) is 24.7 Å². The Morgan fingerprint density at radius 1 is 0.839 bits per heavy atom. The van der Waals surface area contributed by atoms with E-state index in [1.54, 1.807) is 0 Å². The Labute approximate surface area is 187 Å². The topological polar surface area (TPSA) is 63.9 Å². The van der Waals surface area contributed by atoms with Crippen LogP contribution in [-0.4, -0.2) is 41.1 Å². The highest BCUT2D eigenvalue weighted by Gasteiger charge is 2.71. The molecule has 31 heavy (non-hydrogen) atoms. The second-order valence-corrected chi connectivity index (χ2v) is 12.0. The van der Waals surface area contributed by atoms with Gasteiger partial charge in [-0.25, -0.2) is 0 Å². The lowest BCUT2D eigenvalue weighted by atomic mass is 9.43. The van der Waals surface area contributed by atoms with Gasteiger partial charge in [-0.1, -0.05) is 26.0 Å². The van der Waals surface area contributed by atoms with E-state index in [4.69, 9.17) is 0 Å². The molecule has 172 valence electrons. The number of nitrogens with zero attached hydrogens (tertiary/aromatic N) is 1. The molecule has 1 aromatic rings. The summed E-state index contributed by atoms with van der Waals surface area (Å²) in [6.45, 7) is 4.60. The fraction of sp³-hybridized carbons (Fsp3) is 0.778. The summed E-state index contributed by atoms with van der Waals surface area (Å²) in [4.78, 5) is 2.08. The lowest BCUT2D eigenvalue weighted by Crippen LogP contribution is -2.64. The maximum Gasteiger partial charge on any atom is 0.0978 e. The minimum atomic E-state index is -0.988. The molecule has 3 N–H and O–H groups in total. The maximum absolute atomic E-state index is 12.3. The van der Waals surface area contributed by atoms with Crippen LogP contribution in [0.2, 0.25) is 0 Å². The summed E-state index contributed by atoms with van der Waals surface area (Å²) in [6, 6.07) is 8.30. The number of benzene rings is 1. The van der Waals surface area contributed by atoms with Gasteiger partial charge in [0.2, 0.25) is 0 Å². The Balaban J connectivity index is 1.49. The molecule has 0 amide bonds. The van der Waals surface area contributed by atoms with Crippen molar-refractivity contribution in [1.29, 1.82) is 0 Å². The highest BCUT2D eigenvalue weighted by atomic mass is 16.3. The molecule has 0 aliphatic heterocycles. The number of aliphatic hydroxyl groups is 3. The van der Waals surface area contributed by atoms with Crippen LogP contribution in [0, 0.1) is 28.6 Å². The van der Waals surface area contributed by atoms with Crippen molar-refractivity contribution >= 4 is 5.69 Å². The number of rotatable bonds is 2. The number of hydrogen-bond acceptors (Lipinski definition) is 4. The average molecular weight is 428 g/mol. The second kappa shape index (κ2) is 6.95. The van der Waals surface area contributed by atoms with Gasteiger partial charge < -0.3 is 20.2 Å². The molecule has 4 aliphatic rings. The predicted molar refractivity (Wildman–Crippen MR) is 124 cm³/mol. The first kappa shape index (κ1) is 21.7. The zero-order valence-electron chi connectivity index (χ0n) is 19.8. The SMILES string of the molecule is CN(C)c1ccc([C@@]2(O)CC[C@]3(O)[C@@H]4CC[C@@H]5C[C@@H](O)CC[C@]5(C)[C@H]4CC[C@]23C)cc1. The summed E-state index contributed by atoms with van der Waals surface area (Å²) >= 11 is 0. The minimum Gasteiger partial charge on any atom is -0.393 e. The lowest BCUT2D eigenvalue weighted by Gasteiger charge is -2.64. The van der Waals surface area contributed by atoms with Gasteiger partial charge in [-0.3, -0.25) is 0 Å². The van der Waals surface area contributed by atoms with Crippen molar-refractivity contribution in [2.75, 3.05) is 19.0 Å². The quantitative estimate of drug-likeness (QED) is 0.652. The van der Waals surface area contributed by atoms with E-state index < -0.39 is 16.6 Å². The van der Waals surface area contributed by atoms with Gasteiger partial charge in [0, 0.05) is 25.2 Å². The van der Waals surface area contributed by atoms with Crippen LogP contribution in [0.15, 0.2) is 24.3 Å². The highest BCUT2D eigenvalue weighted by Crippen LogP contribution is 2.71. The van der Waals surface area contributed by atoms with Crippen LogP contribution in [0.4, 0.5) is 5.69 Å². The molecule has 0 aromatic heterocycles. The van der Waals surface area contributed by atoms with E-state index in [0.717, 1.165) is 56.2 Å². The molecule has 4 nitrogen and oxygen atoms in total. The van der Waals surface area contributed by atoms with E-state index in [2.05, 4.69) is 43.0 Å². The molecule has 0 saturated heterocycles. The van der Waals surface area contributed by atoms with Crippen molar-refractivity contribution in [3.63, 3.8) is 0 Å². The first-order valence-electron chi connectivity index (χ1n) is 12.5. The summed E-state index contributed by atoms with van der Waals surface area (Å²) in [5.41, 5.74) is -0.0470. The second-order valence-electron chi connectivity index (χ2n) is 12.0. The molecule has 0 radical (unpaired) electrons. The molecule has 0 heterocycles. The molecule has 0 unspecified atom stereocenters. The fourth-order valence-electron chi connectivity index (χ4n) is 8.72. The third kappa shape index (κ3) is 2.77. The third-order valence-corrected chi connectivity index (χ3v) is 10.8. The maximum atomic E-state index is 12.3. The molecule has 4 heteroatoms. The van der Waals surface area contributed by atoms with E-state index >= 15 is 0 Å². The number of aliphatic hydroxyl groups excluding tert-OH is 1. The van der Waals surface area contributed by atoms with Gasteiger partial charge in [0.15, 0.2) is 0 Å². The van der Waals surface area contributed by atoms with Gasteiger partial charge in [-0.15, -0.1) is 0 Å². The Hall–Kier alpha value is -1.10. The van der Waals surface area contributed by atoms with E-state index in [1.807, 2.05) is 14.1 Å². The number of anilines is 1. The summed E-state index contributed by atoms with van der Waals surface area (Å²) < 4.78 is 0. The third-order valence-electron chi connectivity index (χ3n) is 10.8. The summed E-state index contributed by atoms with van der Waals surface area (Å²) in [7, 11) is 4.06. The number of fused-ring (bicyclic) bond motifs is 5. The lowest BCUT2D eigenvalue weighted by molar-refractivity contribution is -0.238. The molecule has 1 aromatic carbocycles. The van der Waals surface area contributed by atoms with E-state index in [9.17, 15) is 15.3 Å². The highest BCUT2D eigenvalue weighted by molar-refractivity contribution is 5.48. The standard InChI is InChI=1S/C27H41NO3/c1-24-13-11-21(29)17-19(24)7-10-23-22(24)12-14-25(2)26(30,15-16-27(23,25)31)18-5-8-20(9-6-18)28(3)4/h5-6,8-9,19,21-23,29-31H,7,10-17H2,1-4H3/t19-,21+,22+,23-,24+,25-,26+,27+/m1/s1. The van der Waals surface area contributed by atoms with E-state index in [1.165, 1.54) is 0 Å². The van der Waals surface area contributed by atoms with Crippen LogP contribution in [-0.2, 0) is 5.60 Å². The number of hydrogen-bond donors (Lipinski definition) is 3. The van der Waals surface area contributed by atoms with Crippen LogP contribution in [0.1, 0.15) is 77.2 Å².